The molecule has 0 radical (unpaired) electrons. The maximum absolute atomic E-state index is 12.3. The molecule has 6 nitrogen and oxygen atoms in total. The third-order valence-corrected chi connectivity index (χ3v) is 3.88. The first-order valence-corrected chi connectivity index (χ1v) is 7.25. The quantitative estimate of drug-likeness (QED) is 0.757. The summed E-state index contributed by atoms with van der Waals surface area (Å²) in [6.45, 7) is 2.19. The molecule has 0 saturated carbocycles. The van der Waals surface area contributed by atoms with Gasteiger partial charge in [0.1, 0.15) is 0 Å². The van der Waals surface area contributed by atoms with E-state index in [1.807, 2.05) is 11.0 Å². The molecule has 1 aliphatic rings. The number of likely N-dealkylation sites (tertiary alicyclic amines) is 1. The van der Waals surface area contributed by atoms with Crippen molar-refractivity contribution in [2.45, 2.75) is 37.6 Å². The molecule has 0 spiro atoms. The molecule has 0 aliphatic carbocycles. The summed E-state index contributed by atoms with van der Waals surface area (Å²) in [4.78, 5) is 14.2. The van der Waals surface area contributed by atoms with Crippen LogP contribution in [0.2, 0.25) is 0 Å². The van der Waals surface area contributed by atoms with Gasteiger partial charge in [-0.3, -0.25) is 9.89 Å². The molecule has 6 heteroatoms. The van der Waals surface area contributed by atoms with Crippen LogP contribution in [-0.2, 0) is 9.53 Å². The summed E-state index contributed by atoms with van der Waals surface area (Å²) < 4.78 is 4.99. The van der Waals surface area contributed by atoms with E-state index >= 15 is 0 Å². The first-order valence-electron chi connectivity index (χ1n) is 7.25. The molecule has 1 aromatic heterocycles. The average Bonchev–Trinajstić information content (AvgIpc) is 3.01. The third-order valence-electron chi connectivity index (χ3n) is 3.88. The number of amides is 1. The predicted octanol–water partition coefficient (Wildman–Crippen LogP) is 0.870. The Morgan fingerprint density at radius 1 is 1.70 bits per heavy atom. The zero-order valence-electron chi connectivity index (χ0n) is 12.0. The Morgan fingerprint density at radius 3 is 3.25 bits per heavy atom. The topological polar surface area (TPSA) is 84.2 Å². The molecule has 1 fully saturated rings. The second kappa shape index (κ2) is 7.40. The minimum Gasteiger partial charge on any atom is -0.385 e. The summed E-state index contributed by atoms with van der Waals surface area (Å²) in [5.74, 6) is 0.409. The summed E-state index contributed by atoms with van der Waals surface area (Å²) in [7, 11) is 1.66. The first-order chi connectivity index (χ1) is 9.72. The minimum absolute atomic E-state index is 0.0605. The number of aromatic nitrogens is 2. The molecular formula is C14H24N4O2. The van der Waals surface area contributed by atoms with Crippen LogP contribution in [0.3, 0.4) is 0 Å². The number of carbonyl (C=O) groups is 1. The SMILES string of the molecule is COCCCC(N)C(=O)N1CCCC(c2ccn[nH]2)C1. The molecule has 2 unspecified atom stereocenters. The zero-order valence-corrected chi connectivity index (χ0v) is 12.0. The number of hydrogen-bond acceptors (Lipinski definition) is 4. The smallest absolute Gasteiger partial charge is 0.239 e. The molecule has 0 aromatic carbocycles. The van der Waals surface area contributed by atoms with E-state index in [9.17, 15) is 4.79 Å². The lowest BCUT2D eigenvalue weighted by Crippen LogP contribution is -2.47. The number of methoxy groups -OCH3 is 1. The fourth-order valence-corrected chi connectivity index (χ4v) is 2.73. The summed E-state index contributed by atoms with van der Waals surface area (Å²) in [6, 6.07) is 1.57. The Bertz CT molecular complexity index is 407. The van der Waals surface area contributed by atoms with Gasteiger partial charge in [-0.05, 0) is 31.7 Å². The minimum atomic E-state index is -0.411. The Hall–Kier alpha value is -1.40. The van der Waals surface area contributed by atoms with Gasteiger partial charge in [-0.25, -0.2) is 0 Å². The van der Waals surface area contributed by atoms with Gasteiger partial charge in [0.25, 0.3) is 0 Å². The van der Waals surface area contributed by atoms with Crippen LogP contribution in [0, 0.1) is 0 Å². The van der Waals surface area contributed by atoms with Crippen LogP contribution in [0.1, 0.15) is 37.3 Å². The van der Waals surface area contributed by atoms with Gasteiger partial charge in [-0.1, -0.05) is 0 Å². The molecular weight excluding hydrogens is 256 g/mol. The monoisotopic (exact) mass is 280 g/mol. The largest absolute Gasteiger partial charge is 0.385 e. The number of nitrogens with zero attached hydrogens (tertiary/aromatic N) is 2. The summed E-state index contributed by atoms with van der Waals surface area (Å²) in [5.41, 5.74) is 7.09. The molecule has 20 heavy (non-hydrogen) atoms. The lowest BCUT2D eigenvalue weighted by molar-refractivity contribution is -0.134. The van der Waals surface area contributed by atoms with E-state index in [0.29, 0.717) is 18.9 Å². The summed E-state index contributed by atoms with van der Waals surface area (Å²) in [6.07, 6.45) is 5.36. The Balaban J connectivity index is 1.86. The highest BCUT2D eigenvalue weighted by Crippen LogP contribution is 2.25. The summed E-state index contributed by atoms with van der Waals surface area (Å²) in [5, 5.41) is 6.99. The average molecular weight is 280 g/mol. The Kier molecular flexibility index (Phi) is 5.55. The third kappa shape index (κ3) is 3.80. The standard InChI is InChI=1S/C14H24N4O2/c1-20-9-3-5-12(15)14(19)18-8-2-4-11(10-18)13-6-7-16-17-13/h6-7,11-12H,2-5,8-10,15H2,1H3,(H,16,17). The Labute approximate surface area is 119 Å². The number of aromatic amines is 1. The number of nitrogens with one attached hydrogen (secondary N) is 1. The van der Waals surface area contributed by atoms with E-state index in [1.54, 1.807) is 13.3 Å². The van der Waals surface area contributed by atoms with Crippen LogP contribution in [0.5, 0.6) is 0 Å². The molecule has 2 heterocycles. The van der Waals surface area contributed by atoms with E-state index in [2.05, 4.69) is 10.2 Å². The highest BCUT2D eigenvalue weighted by atomic mass is 16.5. The number of carbonyl (C=O) groups excluding carboxylic acids is 1. The zero-order chi connectivity index (χ0) is 14.4. The van der Waals surface area contributed by atoms with Crippen LogP contribution in [0.4, 0.5) is 0 Å². The van der Waals surface area contributed by atoms with E-state index < -0.39 is 6.04 Å². The predicted molar refractivity (Wildman–Crippen MR) is 76.2 cm³/mol. The van der Waals surface area contributed by atoms with Gasteiger partial charge in [0.2, 0.25) is 5.91 Å². The van der Waals surface area contributed by atoms with Gasteiger partial charge in [0.05, 0.1) is 6.04 Å². The van der Waals surface area contributed by atoms with Crippen molar-refractivity contribution in [1.29, 1.82) is 0 Å². The molecule has 112 valence electrons. The Morgan fingerprint density at radius 2 is 2.55 bits per heavy atom. The van der Waals surface area contributed by atoms with Gasteiger partial charge in [0.15, 0.2) is 0 Å². The van der Waals surface area contributed by atoms with Crippen LogP contribution in [-0.4, -0.2) is 53.9 Å². The van der Waals surface area contributed by atoms with E-state index in [-0.39, 0.29) is 5.91 Å². The second-order valence-electron chi connectivity index (χ2n) is 5.38. The summed E-state index contributed by atoms with van der Waals surface area (Å²) >= 11 is 0. The van der Waals surface area contributed by atoms with Gasteiger partial charge < -0.3 is 15.4 Å². The van der Waals surface area contributed by atoms with Gasteiger partial charge in [0, 0.05) is 44.6 Å². The maximum atomic E-state index is 12.3. The second-order valence-corrected chi connectivity index (χ2v) is 5.38. The van der Waals surface area contributed by atoms with Crippen LogP contribution in [0.15, 0.2) is 12.3 Å². The number of H-pyrrole nitrogens is 1. The first kappa shape index (κ1) is 15.0. The molecule has 1 aliphatic heterocycles. The molecule has 1 amide bonds. The van der Waals surface area contributed by atoms with Gasteiger partial charge in [-0.15, -0.1) is 0 Å². The fourth-order valence-electron chi connectivity index (χ4n) is 2.73. The van der Waals surface area contributed by atoms with Crippen molar-refractivity contribution in [3.63, 3.8) is 0 Å². The van der Waals surface area contributed by atoms with Gasteiger partial charge >= 0.3 is 0 Å². The van der Waals surface area contributed by atoms with E-state index in [1.165, 1.54) is 0 Å². The van der Waals surface area contributed by atoms with Crippen molar-refractivity contribution < 1.29 is 9.53 Å². The molecule has 0 bridgehead atoms. The van der Waals surface area contributed by atoms with Crippen molar-refractivity contribution in [1.82, 2.24) is 15.1 Å². The van der Waals surface area contributed by atoms with Crippen molar-refractivity contribution in [3.05, 3.63) is 18.0 Å². The number of hydrogen-bond donors (Lipinski definition) is 2. The van der Waals surface area contributed by atoms with Crippen LogP contribution in [0.25, 0.3) is 0 Å². The lowest BCUT2D eigenvalue weighted by Gasteiger charge is -2.33. The highest BCUT2D eigenvalue weighted by Gasteiger charge is 2.28. The van der Waals surface area contributed by atoms with Crippen molar-refractivity contribution >= 4 is 5.91 Å². The van der Waals surface area contributed by atoms with Crippen molar-refractivity contribution in [3.8, 4) is 0 Å². The highest BCUT2D eigenvalue weighted by molar-refractivity contribution is 5.81. The fraction of sp³-hybridized carbons (Fsp3) is 0.714. The normalized spacial score (nSPS) is 20.9. The molecule has 2 rings (SSSR count). The number of ether oxygens (including phenoxy) is 1. The lowest BCUT2D eigenvalue weighted by atomic mass is 9.94. The van der Waals surface area contributed by atoms with Crippen molar-refractivity contribution in [2.75, 3.05) is 26.8 Å². The molecule has 3 N–H and O–H groups in total. The molecule has 1 saturated heterocycles. The molecule has 2 atom stereocenters. The number of nitrogens with two attached hydrogens (primary N) is 1. The van der Waals surface area contributed by atoms with Gasteiger partial charge in [-0.2, -0.15) is 5.10 Å². The number of piperidine rings is 1. The molecule has 1 aromatic rings. The number of rotatable bonds is 6. The van der Waals surface area contributed by atoms with Crippen LogP contribution >= 0.6 is 0 Å². The van der Waals surface area contributed by atoms with E-state index in [0.717, 1.165) is 38.0 Å². The van der Waals surface area contributed by atoms with Crippen LogP contribution < -0.4 is 5.73 Å². The van der Waals surface area contributed by atoms with E-state index in [4.69, 9.17) is 10.5 Å². The maximum Gasteiger partial charge on any atom is 0.239 e. The van der Waals surface area contributed by atoms with Crippen molar-refractivity contribution in [2.24, 2.45) is 5.73 Å².